The fourth-order valence-corrected chi connectivity index (χ4v) is 1.78. The van der Waals surface area contributed by atoms with Crippen LogP contribution in [0.1, 0.15) is 18.2 Å². The van der Waals surface area contributed by atoms with E-state index in [0.29, 0.717) is 17.8 Å². The number of carbonyl (C=O) groups is 1. The summed E-state index contributed by atoms with van der Waals surface area (Å²) in [5.74, 6) is -0.698. The number of nitrogens with zero attached hydrogens (tertiary/aromatic N) is 2. The molecule has 104 valence electrons. The number of nitrogens with one attached hydrogen (secondary N) is 1. The van der Waals surface area contributed by atoms with Gasteiger partial charge < -0.3 is 11.1 Å². The van der Waals surface area contributed by atoms with Gasteiger partial charge in [-0.1, -0.05) is 19.1 Å². The molecule has 0 radical (unpaired) electrons. The number of halogens is 1. The molecule has 3 N–H and O–H groups in total. The van der Waals surface area contributed by atoms with Gasteiger partial charge in [0.1, 0.15) is 6.33 Å². The highest BCUT2D eigenvalue weighted by Gasteiger charge is 2.09. The van der Waals surface area contributed by atoms with E-state index < -0.39 is 5.82 Å². The van der Waals surface area contributed by atoms with Crippen LogP contribution in [-0.4, -0.2) is 15.9 Å². The minimum absolute atomic E-state index is 0.138. The first-order valence-corrected chi connectivity index (χ1v) is 6.23. The SMILES string of the molecule is CCc1ncnc(Nc2ccc(CC(N)=O)cc2)c1F. The molecule has 0 aliphatic heterocycles. The van der Waals surface area contributed by atoms with Gasteiger partial charge in [0.2, 0.25) is 5.91 Å². The lowest BCUT2D eigenvalue weighted by Gasteiger charge is -2.08. The zero-order chi connectivity index (χ0) is 14.5. The van der Waals surface area contributed by atoms with Crippen molar-refractivity contribution in [2.45, 2.75) is 19.8 Å². The summed E-state index contributed by atoms with van der Waals surface area (Å²) < 4.78 is 14.0. The van der Waals surface area contributed by atoms with Crippen molar-refractivity contribution >= 4 is 17.4 Å². The van der Waals surface area contributed by atoms with E-state index in [-0.39, 0.29) is 18.1 Å². The molecule has 0 aliphatic rings. The molecule has 0 atom stereocenters. The van der Waals surface area contributed by atoms with Crippen LogP contribution in [0.25, 0.3) is 0 Å². The number of primary amides is 1. The first-order valence-electron chi connectivity index (χ1n) is 6.23. The van der Waals surface area contributed by atoms with Crippen molar-refractivity contribution < 1.29 is 9.18 Å². The fourth-order valence-electron chi connectivity index (χ4n) is 1.78. The van der Waals surface area contributed by atoms with Gasteiger partial charge in [-0.05, 0) is 24.1 Å². The van der Waals surface area contributed by atoms with E-state index in [0.717, 1.165) is 5.56 Å². The van der Waals surface area contributed by atoms with Crippen molar-refractivity contribution in [1.82, 2.24) is 9.97 Å². The van der Waals surface area contributed by atoms with Gasteiger partial charge in [-0.2, -0.15) is 0 Å². The molecule has 0 spiro atoms. The fraction of sp³-hybridized carbons (Fsp3) is 0.214. The molecule has 6 heteroatoms. The predicted molar refractivity (Wildman–Crippen MR) is 74.0 cm³/mol. The van der Waals surface area contributed by atoms with Crippen molar-refractivity contribution in [3.05, 3.63) is 47.7 Å². The zero-order valence-corrected chi connectivity index (χ0v) is 11.1. The number of benzene rings is 1. The molecule has 1 aromatic heterocycles. The molecule has 1 heterocycles. The summed E-state index contributed by atoms with van der Waals surface area (Å²) in [5, 5.41) is 2.89. The van der Waals surface area contributed by atoms with Gasteiger partial charge in [0.15, 0.2) is 11.6 Å². The van der Waals surface area contributed by atoms with Gasteiger partial charge in [0.05, 0.1) is 12.1 Å². The van der Waals surface area contributed by atoms with Gasteiger partial charge >= 0.3 is 0 Å². The Balaban J connectivity index is 2.16. The second kappa shape index (κ2) is 6.10. The summed E-state index contributed by atoms with van der Waals surface area (Å²) in [6.45, 7) is 1.83. The quantitative estimate of drug-likeness (QED) is 0.873. The van der Waals surface area contributed by atoms with Gasteiger partial charge in [-0.25, -0.2) is 14.4 Å². The van der Waals surface area contributed by atoms with Crippen LogP contribution in [0.3, 0.4) is 0 Å². The number of hydrogen-bond acceptors (Lipinski definition) is 4. The van der Waals surface area contributed by atoms with Crippen molar-refractivity contribution in [1.29, 1.82) is 0 Å². The molecular formula is C14H15FN4O. The summed E-state index contributed by atoms with van der Waals surface area (Å²) in [6, 6.07) is 7.00. The Hall–Kier alpha value is -2.50. The maximum absolute atomic E-state index is 14.0. The van der Waals surface area contributed by atoms with E-state index in [4.69, 9.17) is 5.73 Å². The van der Waals surface area contributed by atoms with Crippen LogP contribution in [-0.2, 0) is 17.6 Å². The summed E-state index contributed by atoms with van der Waals surface area (Å²) in [6.07, 6.45) is 2.01. The molecule has 2 aromatic rings. The van der Waals surface area contributed by atoms with Crippen molar-refractivity contribution in [2.24, 2.45) is 5.73 Å². The molecule has 0 unspecified atom stereocenters. The van der Waals surface area contributed by atoms with Gasteiger partial charge in [-0.3, -0.25) is 4.79 Å². The lowest BCUT2D eigenvalue weighted by Crippen LogP contribution is -2.13. The average Bonchev–Trinajstić information content (AvgIpc) is 2.43. The van der Waals surface area contributed by atoms with Gasteiger partial charge in [0, 0.05) is 5.69 Å². The number of carbonyl (C=O) groups excluding carboxylic acids is 1. The monoisotopic (exact) mass is 274 g/mol. The van der Waals surface area contributed by atoms with E-state index in [9.17, 15) is 9.18 Å². The van der Waals surface area contributed by atoms with E-state index in [1.54, 1.807) is 24.3 Å². The summed E-state index contributed by atoms with van der Waals surface area (Å²) >= 11 is 0. The first-order chi connectivity index (χ1) is 9.60. The molecule has 20 heavy (non-hydrogen) atoms. The predicted octanol–water partition coefficient (Wildman–Crippen LogP) is 1.95. The lowest BCUT2D eigenvalue weighted by molar-refractivity contribution is -0.117. The normalized spacial score (nSPS) is 10.3. The maximum Gasteiger partial charge on any atom is 0.221 e. The van der Waals surface area contributed by atoms with E-state index in [2.05, 4.69) is 15.3 Å². The standard InChI is InChI=1S/C14H15FN4O/c1-2-11-13(15)14(18-8-17-11)19-10-5-3-9(4-6-10)7-12(16)20/h3-6,8H,2,7H2,1H3,(H2,16,20)(H,17,18,19). The van der Waals surface area contributed by atoms with E-state index in [1.807, 2.05) is 6.92 Å². The maximum atomic E-state index is 14.0. The number of rotatable bonds is 5. The van der Waals surface area contributed by atoms with Crippen LogP contribution >= 0.6 is 0 Å². The third kappa shape index (κ3) is 3.28. The largest absolute Gasteiger partial charge is 0.369 e. The zero-order valence-electron chi connectivity index (χ0n) is 11.1. The first kappa shape index (κ1) is 13.9. The Morgan fingerprint density at radius 1 is 1.30 bits per heavy atom. The second-order valence-corrected chi connectivity index (χ2v) is 4.30. The summed E-state index contributed by atoms with van der Waals surface area (Å²) in [4.78, 5) is 18.5. The van der Waals surface area contributed by atoms with Crippen molar-refractivity contribution in [2.75, 3.05) is 5.32 Å². The second-order valence-electron chi connectivity index (χ2n) is 4.30. The third-order valence-electron chi connectivity index (χ3n) is 2.79. The third-order valence-corrected chi connectivity index (χ3v) is 2.79. The number of aromatic nitrogens is 2. The van der Waals surface area contributed by atoms with Gasteiger partial charge in [0.25, 0.3) is 0 Å². The van der Waals surface area contributed by atoms with Crippen LogP contribution in [0.4, 0.5) is 15.9 Å². The van der Waals surface area contributed by atoms with E-state index in [1.165, 1.54) is 6.33 Å². The van der Waals surface area contributed by atoms with Crippen molar-refractivity contribution in [3.63, 3.8) is 0 Å². The van der Waals surface area contributed by atoms with Crippen molar-refractivity contribution in [3.8, 4) is 0 Å². The summed E-state index contributed by atoms with van der Waals surface area (Å²) in [5.41, 5.74) is 6.97. The van der Waals surface area contributed by atoms with Crippen LogP contribution in [0.15, 0.2) is 30.6 Å². The molecule has 0 saturated heterocycles. The smallest absolute Gasteiger partial charge is 0.221 e. The molecule has 0 fully saturated rings. The number of hydrogen-bond donors (Lipinski definition) is 2. The van der Waals surface area contributed by atoms with Gasteiger partial charge in [-0.15, -0.1) is 0 Å². The Labute approximate surface area is 116 Å². The Morgan fingerprint density at radius 3 is 2.60 bits per heavy atom. The minimum Gasteiger partial charge on any atom is -0.369 e. The highest BCUT2D eigenvalue weighted by Crippen LogP contribution is 2.19. The van der Waals surface area contributed by atoms with Crippen LogP contribution in [0.5, 0.6) is 0 Å². The highest BCUT2D eigenvalue weighted by atomic mass is 19.1. The summed E-state index contributed by atoms with van der Waals surface area (Å²) in [7, 11) is 0. The molecule has 2 rings (SSSR count). The molecule has 0 aliphatic carbocycles. The number of aryl methyl sites for hydroxylation is 1. The minimum atomic E-state index is -0.448. The lowest BCUT2D eigenvalue weighted by atomic mass is 10.1. The number of nitrogens with two attached hydrogens (primary N) is 1. The molecule has 0 bridgehead atoms. The van der Waals surface area contributed by atoms with Crippen LogP contribution < -0.4 is 11.1 Å². The number of amides is 1. The molecule has 0 saturated carbocycles. The molecule has 1 aromatic carbocycles. The molecule has 1 amide bonds. The molecule has 5 nitrogen and oxygen atoms in total. The van der Waals surface area contributed by atoms with Crippen LogP contribution in [0, 0.1) is 5.82 Å². The Bertz CT molecular complexity index is 613. The average molecular weight is 274 g/mol. The topological polar surface area (TPSA) is 80.9 Å². The van der Waals surface area contributed by atoms with Crippen LogP contribution in [0.2, 0.25) is 0 Å². The molecular weight excluding hydrogens is 259 g/mol. The van der Waals surface area contributed by atoms with E-state index >= 15 is 0 Å². The highest BCUT2D eigenvalue weighted by molar-refractivity contribution is 5.76. The Kier molecular flexibility index (Phi) is 4.24. The Morgan fingerprint density at radius 2 is 2.00 bits per heavy atom. The number of anilines is 2.